The Labute approximate surface area is 99.9 Å². The fourth-order valence-electron chi connectivity index (χ4n) is 2.20. The fourth-order valence-corrected chi connectivity index (χ4v) is 4.31. The van der Waals surface area contributed by atoms with Crippen molar-refractivity contribution >= 4 is 15.7 Å². The van der Waals surface area contributed by atoms with Crippen LogP contribution < -0.4 is 5.73 Å². The van der Waals surface area contributed by atoms with E-state index in [2.05, 4.69) is 5.10 Å². The summed E-state index contributed by atoms with van der Waals surface area (Å²) in [6, 6.07) is 2.01. The van der Waals surface area contributed by atoms with E-state index >= 15 is 0 Å². The predicted molar refractivity (Wildman–Crippen MR) is 62.9 cm³/mol. The average molecular weight is 254 g/mol. The topological polar surface area (TPSA) is 102 Å². The van der Waals surface area contributed by atoms with Gasteiger partial charge in [0.15, 0.2) is 9.84 Å². The number of nitrogens with two attached hydrogens (primary N) is 1. The Hall–Kier alpha value is -1.55. The lowest BCUT2D eigenvalue weighted by Gasteiger charge is -2.24. The van der Waals surface area contributed by atoms with E-state index < -0.39 is 15.4 Å². The highest BCUT2D eigenvalue weighted by Crippen LogP contribution is 2.32. The number of hydrogen-bond donors (Lipinski definition) is 1. The van der Waals surface area contributed by atoms with Gasteiger partial charge in [-0.1, -0.05) is 0 Å². The maximum Gasteiger partial charge on any atom is 0.152 e. The van der Waals surface area contributed by atoms with Crippen molar-refractivity contribution in [1.29, 1.82) is 5.26 Å². The first kappa shape index (κ1) is 11.9. The summed E-state index contributed by atoms with van der Waals surface area (Å²) in [7, 11) is -3.00. The molecule has 92 valence electrons. The Bertz CT molecular complexity index is 584. The van der Waals surface area contributed by atoms with Gasteiger partial charge in [-0.05, 0) is 13.3 Å². The molecule has 2 rings (SSSR count). The first-order valence-electron chi connectivity index (χ1n) is 5.28. The molecule has 0 spiro atoms. The number of hydrogen-bond acceptors (Lipinski definition) is 5. The Morgan fingerprint density at radius 3 is 2.94 bits per heavy atom. The van der Waals surface area contributed by atoms with E-state index in [4.69, 9.17) is 11.0 Å². The molecule has 1 saturated heterocycles. The highest BCUT2D eigenvalue weighted by molar-refractivity contribution is 7.91. The molecule has 17 heavy (non-hydrogen) atoms. The van der Waals surface area contributed by atoms with Crippen molar-refractivity contribution in [2.45, 2.75) is 25.3 Å². The minimum atomic E-state index is -3.00. The van der Waals surface area contributed by atoms with Crippen molar-refractivity contribution in [2.24, 2.45) is 0 Å². The molecule has 0 aliphatic carbocycles. The molecule has 0 saturated carbocycles. The van der Waals surface area contributed by atoms with Crippen LogP contribution in [0.1, 0.15) is 18.9 Å². The van der Waals surface area contributed by atoms with Crippen LogP contribution in [0, 0.1) is 11.3 Å². The summed E-state index contributed by atoms with van der Waals surface area (Å²) in [4.78, 5) is 0. The summed E-state index contributed by atoms with van der Waals surface area (Å²) in [6.07, 6.45) is 2.23. The molecule has 1 unspecified atom stereocenters. The maximum absolute atomic E-state index is 11.5. The van der Waals surface area contributed by atoms with E-state index in [9.17, 15) is 8.42 Å². The van der Waals surface area contributed by atoms with Gasteiger partial charge in [0, 0.05) is 5.56 Å². The molecule has 1 aromatic rings. The highest BCUT2D eigenvalue weighted by Gasteiger charge is 2.41. The second-order valence-electron chi connectivity index (χ2n) is 4.64. The molecular weight excluding hydrogens is 240 g/mol. The standard InChI is InChI=1S/C10H14N4O2S/c1-10(3-5-17(15,16)7-10)14-9(12)8(2-4-11)6-13-14/h6H,2-3,5,7,12H2,1H3. The molecule has 1 atom stereocenters. The van der Waals surface area contributed by atoms with E-state index in [0.29, 0.717) is 17.8 Å². The van der Waals surface area contributed by atoms with Gasteiger partial charge in [-0.2, -0.15) is 10.4 Å². The van der Waals surface area contributed by atoms with E-state index in [1.54, 1.807) is 4.68 Å². The highest BCUT2D eigenvalue weighted by atomic mass is 32.2. The second kappa shape index (κ2) is 3.74. The largest absolute Gasteiger partial charge is 0.384 e. The molecule has 0 radical (unpaired) electrons. The third kappa shape index (κ3) is 2.00. The predicted octanol–water partition coefficient (Wildman–Crippen LogP) is 0.0651. The van der Waals surface area contributed by atoms with Crippen LogP contribution in [-0.2, 0) is 21.8 Å². The molecule has 1 fully saturated rings. The summed E-state index contributed by atoms with van der Waals surface area (Å²) < 4.78 is 24.6. The van der Waals surface area contributed by atoms with Crippen molar-refractivity contribution in [1.82, 2.24) is 9.78 Å². The van der Waals surface area contributed by atoms with Gasteiger partial charge in [0.25, 0.3) is 0 Å². The Balaban J connectivity index is 2.39. The van der Waals surface area contributed by atoms with Crippen LogP contribution >= 0.6 is 0 Å². The van der Waals surface area contributed by atoms with Gasteiger partial charge in [-0.3, -0.25) is 0 Å². The molecular formula is C10H14N4O2S. The Morgan fingerprint density at radius 2 is 2.41 bits per heavy atom. The Kier molecular flexibility index (Phi) is 2.62. The summed E-state index contributed by atoms with van der Waals surface area (Å²) in [5, 5.41) is 12.8. The molecule has 0 amide bonds. The lowest BCUT2D eigenvalue weighted by atomic mass is 10.0. The van der Waals surface area contributed by atoms with Gasteiger partial charge >= 0.3 is 0 Å². The zero-order valence-corrected chi connectivity index (χ0v) is 10.4. The maximum atomic E-state index is 11.5. The van der Waals surface area contributed by atoms with Crippen LogP contribution in [0.2, 0.25) is 0 Å². The van der Waals surface area contributed by atoms with Crippen molar-refractivity contribution in [3.8, 4) is 6.07 Å². The van der Waals surface area contributed by atoms with Gasteiger partial charge in [-0.15, -0.1) is 0 Å². The van der Waals surface area contributed by atoms with Crippen LogP contribution in [0.3, 0.4) is 0 Å². The summed E-state index contributed by atoms with van der Waals surface area (Å²) in [5.74, 6) is 0.611. The molecule has 1 aliphatic rings. The third-order valence-electron chi connectivity index (χ3n) is 3.15. The normalized spacial score (nSPS) is 26.8. The molecule has 2 N–H and O–H groups in total. The zero-order valence-electron chi connectivity index (χ0n) is 9.55. The minimum absolute atomic E-state index is 0.0534. The van der Waals surface area contributed by atoms with Crippen molar-refractivity contribution in [3.63, 3.8) is 0 Å². The number of nitrogen functional groups attached to an aromatic ring is 1. The zero-order chi connectivity index (χ0) is 12.7. The second-order valence-corrected chi connectivity index (χ2v) is 6.82. The quantitative estimate of drug-likeness (QED) is 0.804. The number of nitrogens with zero attached hydrogens (tertiary/aromatic N) is 3. The first-order valence-corrected chi connectivity index (χ1v) is 7.10. The number of nitriles is 1. The number of rotatable bonds is 2. The summed E-state index contributed by atoms with van der Waals surface area (Å²) in [6.45, 7) is 1.83. The average Bonchev–Trinajstić information content (AvgIpc) is 2.71. The molecule has 7 heteroatoms. The number of anilines is 1. The van der Waals surface area contributed by atoms with E-state index in [-0.39, 0.29) is 17.9 Å². The monoisotopic (exact) mass is 254 g/mol. The van der Waals surface area contributed by atoms with Crippen LogP contribution in [0.5, 0.6) is 0 Å². The summed E-state index contributed by atoms with van der Waals surface area (Å²) >= 11 is 0. The molecule has 1 aromatic heterocycles. The fraction of sp³-hybridized carbons (Fsp3) is 0.600. The molecule has 0 bridgehead atoms. The van der Waals surface area contributed by atoms with E-state index in [1.807, 2.05) is 13.0 Å². The van der Waals surface area contributed by atoms with Gasteiger partial charge in [0.05, 0.1) is 35.7 Å². The minimum Gasteiger partial charge on any atom is -0.384 e. The first-order chi connectivity index (χ1) is 7.88. The number of aromatic nitrogens is 2. The van der Waals surface area contributed by atoms with Crippen LogP contribution in [0.15, 0.2) is 6.20 Å². The molecule has 0 aromatic carbocycles. The van der Waals surface area contributed by atoms with Gasteiger partial charge in [0.2, 0.25) is 0 Å². The van der Waals surface area contributed by atoms with E-state index in [0.717, 1.165) is 0 Å². The van der Waals surface area contributed by atoms with Crippen LogP contribution in [-0.4, -0.2) is 29.7 Å². The van der Waals surface area contributed by atoms with Crippen molar-refractivity contribution < 1.29 is 8.42 Å². The van der Waals surface area contributed by atoms with Crippen LogP contribution in [0.25, 0.3) is 0 Å². The van der Waals surface area contributed by atoms with Crippen molar-refractivity contribution in [3.05, 3.63) is 11.8 Å². The number of sulfone groups is 1. The van der Waals surface area contributed by atoms with Gasteiger partial charge in [-0.25, -0.2) is 13.1 Å². The van der Waals surface area contributed by atoms with Crippen LogP contribution in [0.4, 0.5) is 5.82 Å². The Morgan fingerprint density at radius 1 is 1.71 bits per heavy atom. The third-order valence-corrected chi connectivity index (χ3v) is 5.04. The van der Waals surface area contributed by atoms with E-state index in [1.165, 1.54) is 6.20 Å². The smallest absolute Gasteiger partial charge is 0.152 e. The molecule has 1 aliphatic heterocycles. The van der Waals surface area contributed by atoms with Gasteiger partial charge in [0.1, 0.15) is 5.82 Å². The van der Waals surface area contributed by atoms with Crippen molar-refractivity contribution in [2.75, 3.05) is 17.2 Å². The SMILES string of the molecule is CC1(n2ncc(CC#N)c2N)CCS(=O)(=O)C1. The molecule has 6 nitrogen and oxygen atoms in total. The lowest BCUT2D eigenvalue weighted by molar-refractivity contribution is 0.334. The van der Waals surface area contributed by atoms with Gasteiger partial charge < -0.3 is 5.73 Å². The lowest BCUT2D eigenvalue weighted by Crippen LogP contribution is -2.33. The molecule has 2 heterocycles. The summed E-state index contributed by atoms with van der Waals surface area (Å²) in [5.41, 5.74) is 5.96.